The van der Waals surface area contributed by atoms with Crippen molar-refractivity contribution >= 4 is 34.0 Å². The van der Waals surface area contributed by atoms with Crippen molar-refractivity contribution in [3.05, 3.63) is 21.8 Å². The van der Waals surface area contributed by atoms with Gasteiger partial charge in [0.25, 0.3) is 0 Å². The standard InChI is InChI=1S/C13H19IN2O/c14-10-4-5-12(11(15)8-10)16-13(9-17)6-2-1-3-7-13/h4-5,8,16-17H,1-3,6-7,9,15H2. The van der Waals surface area contributed by atoms with Crippen LogP contribution in [0.5, 0.6) is 0 Å². The van der Waals surface area contributed by atoms with Crippen molar-refractivity contribution in [1.82, 2.24) is 0 Å². The van der Waals surface area contributed by atoms with E-state index in [1.54, 1.807) is 0 Å². The van der Waals surface area contributed by atoms with Gasteiger partial charge in [-0.3, -0.25) is 0 Å². The third-order valence-electron chi connectivity index (χ3n) is 3.53. The van der Waals surface area contributed by atoms with Crippen LogP contribution in [0.4, 0.5) is 11.4 Å². The molecule has 0 unspecified atom stereocenters. The van der Waals surface area contributed by atoms with E-state index in [1.165, 1.54) is 19.3 Å². The zero-order chi connectivity index (χ0) is 12.3. The number of aliphatic hydroxyl groups excluding tert-OH is 1. The molecular formula is C13H19IN2O. The number of halogens is 1. The highest BCUT2D eigenvalue weighted by Gasteiger charge is 2.31. The summed E-state index contributed by atoms with van der Waals surface area (Å²) >= 11 is 2.25. The number of benzene rings is 1. The number of nitrogen functional groups attached to an aromatic ring is 1. The lowest BCUT2D eigenvalue weighted by molar-refractivity contribution is 0.173. The summed E-state index contributed by atoms with van der Waals surface area (Å²) in [5.74, 6) is 0. The Morgan fingerprint density at radius 1 is 1.29 bits per heavy atom. The van der Waals surface area contributed by atoms with Crippen molar-refractivity contribution in [3.8, 4) is 0 Å². The van der Waals surface area contributed by atoms with Gasteiger partial charge in [-0.15, -0.1) is 0 Å². The first-order chi connectivity index (χ1) is 8.15. The Morgan fingerprint density at radius 3 is 2.59 bits per heavy atom. The number of rotatable bonds is 3. The van der Waals surface area contributed by atoms with Crippen molar-refractivity contribution in [3.63, 3.8) is 0 Å². The van der Waals surface area contributed by atoms with Crippen molar-refractivity contribution in [1.29, 1.82) is 0 Å². The summed E-state index contributed by atoms with van der Waals surface area (Å²) in [5.41, 5.74) is 7.54. The molecule has 1 fully saturated rings. The molecule has 1 aromatic rings. The van der Waals surface area contributed by atoms with Gasteiger partial charge in [-0.2, -0.15) is 0 Å². The summed E-state index contributed by atoms with van der Waals surface area (Å²) in [6.45, 7) is 0.179. The Kier molecular flexibility index (Phi) is 4.14. The summed E-state index contributed by atoms with van der Waals surface area (Å²) in [5, 5.41) is 13.1. The summed E-state index contributed by atoms with van der Waals surface area (Å²) in [6.07, 6.45) is 5.67. The zero-order valence-corrected chi connectivity index (χ0v) is 12.0. The molecule has 1 aliphatic carbocycles. The molecule has 17 heavy (non-hydrogen) atoms. The average molecular weight is 346 g/mol. The van der Waals surface area contributed by atoms with Gasteiger partial charge >= 0.3 is 0 Å². The smallest absolute Gasteiger partial charge is 0.0661 e. The summed E-state index contributed by atoms with van der Waals surface area (Å²) in [4.78, 5) is 0. The number of hydrogen-bond donors (Lipinski definition) is 3. The topological polar surface area (TPSA) is 58.3 Å². The maximum atomic E-state index is 9.64. The van der Waals surface area contributed by atoms with E-state index in [2.05, 4.69) is 27.9 Å². The van der Waals surface area contributed by atoms with Crippen LogP contribution >= 0.6 is 22.6 Å². The molecule has 2 rings (SSSR count). The predicted molar refractivity (Wildman–Crippen MR) is 80.1 cm³/mol. The Balaban J connectivity index is 2.17. The maximum Gasteiger partial charge on any atom is 0.0661 e. The first-order valence-electron chi connectivity index (χ1n) is 6.09. The summed E-state index contributed by atoms with van der Waals surface area (Å²) in [6, 6.07) is 5.99. The minimum atomic E-state index is -0.168. The fraction of sp³-hybridized carbons (Fsp3) is 0.538. The fourth-order valence-corrected chi connectivity index (χ4v) is 3.00. The van der Waals surface area contributed by atoms with Crippen LogP contribution in [0.2, 0.25) is 0 Å². The van der Waals surface area contributed by atoms with E-state index in [4.69, 9.17) is 5.73 Å². The number of hydrogen-bond acceptors (Lipinski definition) is 3. The lowest BCUT2D eigenvalue weighted by atomic mass is 9.82. The number of nitrogens with one attached hydrogen (secondary N) is 1. The summed E-state index contributed by atoms with van der Waals surface area (Å²) in [7, 11) is 0. The molecule has 3 nitrogen and oxygen atoms in total. The quantitative estimate of drug-likeness (QED) is 0.583. The van der Waals surface area contributed by atoms with Crippen LogP contribution in [-0.4, -0.2) is 17.3 Å². The zero-order valence-electron chi connectivity index (χ0n) is 9.88. The van der Waals surface area contributed by atoms with Crippen LogP contribution in [0.3, 0.4) is 0 Å². The van der Waals surface area contributed by atoms with Crippen molar-refractivity contribution in [2.24, 2.45) is 0 Å². The molecule has 4 N–H and O–H groups in total. The second kappa shape index (κ2) is 5.44. The van der Waals surface area contributed by atoms with Gasteiger partial charge in [0.2, 0.25) is 0 Å². The molecule has 0 spiro atoms. The van der Waals surface area contributed by atoms with Gasteiger partial charge in [-0.25, -0.2) is 0 Å². The van der Waals surface area contributed by atoms with Gasteiger partial charge in [-0.05, 0) is 53.6 Å². The molecule has 0 aliphatic heterocycles. The third-order valence-corrected chi connectivity index (χ3v) is 4.20. The second-order valence-electron chi connectivity index (χ2n) is 4.86. The lowest BCUT2D eigenvalue weighted by Crippen LogP contribution is -2.44. The molecule has 0 radical (unpaired) electrons. The number of anilines is 2. The van der Waals surface area contributed by atoms with Gasteiger partial charge in [0.1, 0.15) is 0 Å². The van der Waals surface area contributed by atoms with Crippen LogP contribution in [0.15, 0.2) is 18.2 Å². The Morgan fingerprint density at radius 2 is 2.00 bits per heavy atom. The van der Waals surface area contributed by atoms with E-state index in [9.17, 15) is 5.11 Å². The lowest BCUT2D eigenvalue weighted by Gasteiger charge is -2.37. The van der Waals surface area contributed by atoms with Crippen molar-refractivity contribution < 1.29 is 5.11 Å². The second-order valence-corrected chi connectivity index (χ2v) is 6.10. The molecule has 1 aliphatic rings. The highest BCUT2D eigenvalue weighted by Crippen LogP contribution is 2.33. The van der Waals surface area contributed by atoms with E-state index in [1.807, 2.05) is 18.2 Å². The monoisotopic (exact) mass is 346 g/mol. The summed E-state index contributed by atoms with van der Waals surface area (Å²) < 4.78 is 1.13. The van der Waals surface area contributed by atoms with E-state index < -0.39 is 0 Å². The molecular weight excluding hydrogens is 327 g/mol. The molecule has 1 saturated carbocycles. The van der Waals surface area contributed by atoms with Crippen LogP contribution in [0.1, 0.15) is 32.1 Å². The Labute approximate surface area is 116 Å². The van der Waals surface area contributed by atoms with Gasteiger partial charge in [0.05, 0.1) is 23.5 Å². The molecule has 94 valence electrons. The maximum absolute atomic E-state index is 9.64. The largest absolute Gasteiger partial charge is 0.397 e. The van der Waals surface area contributed by atoms with Crippen LogP contribution < -0.4 is 11.1 Å². The van der Waals surface area contributed by atoms with Crippen molar-refractivity contribution in [2.45, 2.75) is 37.6 Å². The first kappa shape index (κ1) is 13.0. The average Bonchev–Trinajstić information content (AvgIpc) is 2.34. The van der Waals surface area contributed by atoms with Gasteiger partial charge in [-0.1, -0.05) is 19.3 Å². The third kappa shape index (κ3) is 3.04. The number of aliphatic hydroxyl groups is 1. The highest BCUT2D eigenvalue weighted by atomic mass is 127. The molecule has 0 heterocycles. The molecule has 0 atom stereocenters. The van der Waals surface area contributed by atoms with Crippen LogP contribution in [0.25, 0.3) is 0 Å². The Bertz CT molecular complexity index is 389. The van der Waals surface area contributed by atoms with E-state index in [-0.39, 0.29) is 12.1 Å². The fourth-order valence-electron chi connectivity index (χ4n) is 2.48. The minimum absolute atomic E-state index is 0.168. The van der Waals surface area contributed by atoms with Crippen LogP contribution in [-0.2, 0) is 0 Å². The van der Waals surface area contributed by atoms with Gasteiger partial charge in [0.15, 0.2) is 0 Å². The normalized spacial score (nSPS) is 18.9. The van der Waals surface area contributed by atoms with Crippen molar-refractivity contribution in [2.75, 3.05) is 17.7 Å². The molecule has 0 bridgehead atoms. The van der Waals surface area contributed by atoms with E-state index >= 15 is 0 Å². The van der Waals surface area contributed by atoms with Gasteiger partial charge < -0.3 is 16.2 Å². The predicted octanol–water partition coefficient (Wildman–Crippen LogP) is 2.98. The Hall–Kier alpha value is -0.490. The van der Waals surface area contributed by atoms with Gasteiger partial charge in [0, 0.05) is 3.57 Å². The molecule has 0 saturated heterocycles. The SMILES string of the molecule is Nc1cc(I)ccc1NC1(CO)CCCCC1. The van der Waals surface area contributed by atoms with Crippen LogP contribution in [0, 0.1) is 3.57 Å². The minimum Gasteiger partial charge on any atom is -0.397 e. The highest BCUT2D eigenvalue weighted by molar-refractivity contribution is 14.1. The van der Waals surface area contributed by atoms with E-state index in [0.29, 0.717) is 0 Å². The molecule has 0 aromatic heterocycles. The molecule has 0 amide bonds. The first-order valence-corrected chi connectivity index (χ1v) is 7.17. The molecule has 4 heteroatoms. The van der Waals surface area contributed by atoms with E-state index in [0.717, 1.165) is 27.8 Å². The molecule has 1 aromatic carbocycles. The number of nitrogens with two attached hydrogens (primary N) is 1.